The van der Waals surface area contributed by atoms with Crippen LogP contribution in [0.2, 0.25) is 5.02 Å². The lowest BCUT2D eigenvalue weighted by molar-refractivity contribution is 0.415. The fraction of sp³-hybridized carbons (Fsp3) is 0.182. The zero-order valence-electron chi connectivity index (χ0n) is 15.0. The molecule has 0 aliphatic carbocycles. The van der Waals surface area contributed by atoms with E-state index in [-0.39, 0.29) is 5.75 Å². The molecule has 0 aromatic heterocycles. The summed E-state index contributed by atoms with van der Waals surface area (Å²) in [6, 6.07) is 17.3. The van der Waals surface area contributed by atoms with E-state index in [1.165, 1.54) is 0 Å². The maximum absolute atomic E-state index is 10.8. The summed E-state index contributed by atoms with van der Waals surface area (Å²) >= 11 is 7.76. The van der Waals surface area contributed by atoms with Crippen molar-refractivity contribution >= 4 is 23.4 Å². The number of thioether (sulfide) groups is 1. The zero-order valence-corrected chi connectivity index (χ0v) is 16.6. The minimum atomic E-state index is 0.279. The van der Waals surface area contributed by atoms with Gasteiger partial charge in [0.1, 0.15) is 11.5 Å². The van der Waals surface area contributed by atoms with Gasteiger partial charge in [0.2, 0.25) is 0 Å². The van der Waals surface area contributed by atoms with Crippen LogP contribution in [0, 0.1) is 6.92 Å². The monoisotopic (exact) mass is 384 g/mol. The molecule has 0 aliphatic rings. The van der Waals surface area contributed by atoms with Crippen LogP contribution in [0.5, 0.6) is 11.5 Å². The first-order valence-corrected chi connectivity index (χ1v) is 9.81. The molecule has 0 atom stereocenters. The predicted octanol–water partition coefficient (Wildman–Crippen LogP) is 6.81. The Kier molecular flexibility index (Phi) is 5.80. The molecule has 1 N–H and O–H groups in total. The van der Waals surface area contributed by atoms with Crippen molar-refractivity contribution in [3.63, 3.8) is 0 Å². The third kappa shape index (κ3) is 3.69. The second-order valence-electron chi connectivity index (χ2n) is 5.94. The number of phenols is 1. The summed E-state index contributed by atoms with van der Waals surface area (Å²) in [4.78, 5) is 1.10. The van der Waals surface area contributed by atoms with Crippen LogP contribution in [-0.4, -0.2) is 18.0 Å². The number of aromatic hydroxyl groups is 1. The molecule has 0 aliphatic heterocycles. The zero-order chi connectivity index (χ0) is 18.7. The fourth-order valence-corrected chi connectivity index (χ4v) is 4.14. The van der Waals surface area contributed by atoms with E-state index in [1.54, 1.807) is 18.9 Å². The molecule has 4 heteroatoms. The van der Waals surface area contributed by atoms with Crippen LogP contribution in [0.15, 0.2) is 59.5 Å². The summed E-state index contributed by atoms with van der Waals surface area (Å²) in [7, 11) is 1.65. The quantitative estimate of drug-likeness (QED) is 0.490. The van der Waals surface area contributed by atoms with Gasteiger partial charge in [-0.2, -0.15) is 0 Å². The highest BCUT2D eigenvalue weighted by molar-refractivity contribution is 7.99. The average molecular weight is 385 g/mol. The van der Waals surface area contributed by atoms with E-state index in [0.717, 1.165) is 44.2 Å². The number of halogens is 1. The molecule has 3 aromatic carbocycles. The van der Waals surface area contributed by atoms with Gasteiger partial charge in [0.05, 0.1) is 7.11 Å². The number of benzene rings is 3. The van der Waals surface area contributed by atoms with Crippen molar-refractivity contribution in [1.82, 2.24) is 0 Å². The molecule has 0 fully saturated rings. The summed E-state index contributed by atoms with van der Waals surface area (Å²) in [6.07, 6.45) is 0. The highest BCUT2D eigenvalue weighted by Crippen LogP contribution is 2.45. The predicted molar refractivity (Wildman–Crippen MR) is 112 cm³/mol. The molecule has 3 rings (SSSR count). The smallest absolute Gasteiger partial charge is 0.125 e. The topological polar surface area (TPSA) is 29.5 Å². The summed E-state index contributed by atoms with van der Waals surface area (Å²) in [5.74, 6) is 2.00. The lowest BCUT2D eigenvalue weighted by Crippen LogP contribution is -1.93. The fourth-order valence-electron chi connectivity index (χ4n) is 3.03. The number of methoxy groups -OCH3 is 1. The SMILES string of the molecule is CCSc1c(C)c(-c2ccc(Cl)cc2)cc(O)c1-c1ccc(OC)cc1. The lowest BCUT2D eigenvalue weighted by atomic mass is 9.94. The largest absolute Gasteiger partial charge is 0.507 e. The van der Waals surface area contributed by atoms with Gasteiger partial charge in [0.25, 0.3) is 0 Å². The standard InChI is InChI=1S/C22H21ClO2S/c1-4-26-22-14(2)19(15-5-9-17(23)10-6-15)13-20(24)21(22)16-7-11-18(25-3)12-8-16/h5-13,24H,4H2,1-3H3. The molecular weight excluding hydrogens is 364 g/mol. The van der Waals surface area contributed by atoms with E-state index >= 15 is 0 Å². The number of rotatable bonds is 5. The van der Waals surface area contributed by atoms with E-state index in [2.05, 4.69) is 13.8 Å². The molecule has 0 spiro atoms. The van der Waals surface area contributed by atoms with Crippen molar-refractivity contribution in [3.8, 4) is 33.8 Å². The van der Waals surface area contributed by atoms with Gasteiger partial charge in [-0.05, 0) is 65.3 Å². The Morgan fingerprint density at radius 1 is 1.00 bits per heavy atom. The second kappa shape index (κ2) is 8.07. The first kappa shape index (κ1) is 18.7. The van der Waals surface area contributed by atoms with Gasteiger partial charge in [-0.1, -0.05) is 42.8 Å². The Balaban J connectivity index is 2.18. The van der Waals surface area contributed by atoms with Gasteiger partial charge in [-0.15, -0.1) is 11.8 Å². The van der Waals surface area contributed by atoms with Gasteiger partial charge in [-0.25, -0.2) is 0 Å². The molecule has 0 amide bonds. The highest BCUT2D eigenvalue weighted by atomic mass is 35.5. The Labute approximate surface area is 163 Å². The summed E-state index contributed by atoms with van der Waals surface area (Å²) in [5.41, 5.74) is 5.07. The van der Waals surface area contributed by atoms with E-state index in [1.807, 2.05) is 54.6 Å². The lowest BCUT2D eigenvalue weighted by Gasteiger charge is -2.18. The first-order chi connectivity index (χ1) is 12.5. The maximum Gasteiger partial charge on any atom is 0.125 e. The molecule has 0 radical (unpaired) electrons. The van der Waals surface area contributed by atoms with Gasteiger partial charge < -0.3 is 9.84 Å². The van der Waals surface area contributed by atoms with Crippen LogP contribution in [-0.2, 0) is 0 Å². The van der Waals surface area contributed by atoms with Crippen molar-refractivity contribution in [1.29, 1.82) is 0 Å². The molecule has 134 valence electrons. The number of ether oxygens (including phenoxy) is 1. The molecule has 3 aromatic rings. The summed E-state index contributed by atoms with van der Waals surface area (Å²) < 4.78 is 5.24. The van der Waals surface area contributed by atoms with Crippen molar-refractivity contribution < 1.29 is 9.84 Å². The van der Waals surface area contributed by atoms with Crippen LogP contribution in [0.1, 0.15) is 12.5 Å². The summed E-state index contributed by atoms with van der Waals surface area (Å²) in [6.45, 7) is 4.22. The van der Waals surface area contributed by atoms with Crippen LogP contribution in [0.4, 0.5) is 0 Å². The van der Waals surface area contributed by atoms with E-state index < -0.39 is 0 Å². The normalized spacial score (nSPS) is 10.8. The Bertz CT molecular complexity index is 903. The number of phenolic OH excluding ortho intramolecular Hbond substituents is 1. The minimum Gasteiger partial charge on any atom is -0.507 e. The molecule has 0 saturated heterocycles. The van der Waals surface area contributed by atoms with Crippen LogP contribution >= 0.6 is 23.4 Å². The van der Waals surface area contributed by atoms with E-state index in [9.17, 15) is 5.11 Å². The maximum atomic E-state index is 10.8. The molecule has 26 heavy (non-hydrogen) atoms. The molecule has 0 unspecified atom stereocenters. The molecule has 0 saturated carbocycles. The molecular formula is C22H21ClO2S. The van der Waals surface area contributed by atoms with Gasteiger partial charge >= 0.3 is 0 Å². The third-order valence-corrected chi connectivity index (χ3v) is 5.67. The number of hydrogen-bond acceptors (Lipinski definition) is 3. The van der Waals surface area contributed by atoms with Crippen LogP contribution in [0.25, 0.3) is 22.3 Å². The van der Waals surface area contributed by atoms with Crippen molar-refractivity contribution in [3.05, 3.63) is 65.2 Å². The van der Waals surface area contributed by atoms with Crippen molar-refractivity contribution in [2.75, 3.05) is 12.9 Å². The molecule has 2 nitrogen and oxygen atoms in total. The van der Waals surface area contributed by atoms with Gasteiger partial charge in [-0.3, -0.25) is 0 Å². The van der Waals surface area contributed by atoms with Crippen LogP contribution in [0.3, 0.4) is 0 Å². The van der Waals surface area contributed by atoms with Crippen LogP contribution < -0.4 is 4.74 Å². The van der Waals surface area contributed by atoms with E-state index in [0.29, 0.717) is 5.02 Å². The molecule has 0 heterocycles. The Hall–Kier alpha value is -2.10. The third-order valence-electron chi connectivity index (χ3n) is 4.33. The summed E-state index contributed by atoms with van der Waals surface area (Å²) in [5, 5.41) is 11.6. The highest BCUT2D eigenvalue weighted by Gasteiger charge is 2.18. The minimum absolute atomic E-state index is 0.279. The number of hydrogen-bond donors (Lipinski definition) is 1. The first-order valence-electron chi connectivity index (χ1n) is 8.44. The van der Waals surface area contributed by atoms with Crippen molar-refractivity contribution in [2.45, 2.75) is 18.7 Å². The average Bonchev–Trinajstić information content (AvgIpc) is 2.66. The second-order valence-corrected chi connectivity index (χ2v) is 7.65. The van der Waals surface area contributed by atoms with E-state index in [4.69, 9.17) is 16.3 Å². The van der Waals surface area contributed by atoms with Gasteiger partial charge in [0, 0.05) is 15.5 Å². The Morgan fingerprint density at radius 2 is 1.62 bits per heavy atom. The Morgan fingerprint density at radius 3 is 2.19 bits per heavy atom. The van der Waals surface area contributed by atoms with Gasteiger partial charge in [0.15, 0.2) is 0 Å². The molecule has 0 bridgehead atoms. The van der Waals surface area contributed by atoms with Crippen molar-refractivity contribution in [2.24, 2.45) is 0 Å².